The molecule has 1 aromatic heterocycles. The molecule has 1 aromatic carbocycles. The number of ether oxygens (including phenoxy) is 1. The Balaban J connectivity index is 1.79. The van der Waals surface area contributed by atoms with Gasteiger partial charge in [0.15, 0.2) is 9.84 Å². The van der Waals surface area contributed by atoms with E-state index in [4.69, 9.17) is 4.74 Å². The van der Waals surface area contributed by atoms with Gasteiger partial charge < -0.3 is 14.5 Å². The SMILES string of the molecule is CC(C)Oc1ccc(S(C)(=O)=O)cc1C(=O)N1CCN(c2cc(C(F)(F)F)ncn2)CC1. The van der Waals surface area contributed by atoms with Crippen LogP contribution in [0.2, 0.25) is 0 Å². The molecule has 1 aliphatic rings. The van der Waals surface area contributed by atoms with E-state index < -0.39 is 27.6 Å². The smallest absolute Gasteiger partial charge is 0.433 e. The largest absolute Gasteiger partial charge is 0.490 e. The summed E-state index contributed by atoms with van der Waals surface area (Å²) in [5.74, 6) is -0.0164. The summed E-state index contributed by atoms with van der Waals surface area (Å²) >= 11 is 0. The van der Waals surface area contributed by atoms with Gasteiger partial charge in [-0.25, -0.2) is 18.4 Å². The van der Waals surface area contributed by atoms with E-state index in [-0.39, 0.29) is 54.3 Å². The van der Waals surface area contributed by atoms with Crippen LogP contribution in [-0.2, 0) is 16.0 Å². The first kappa shape index (κ1) is 23.8. The topological polar surface area (TPSA) is 92.7 Å². The quantitative estimate of drug-likeness (QED) is 0.661. The molecule has 2 heterocycles. The highest BCUT2D eigenvalue weighted by molar-refractivity contribution is 7.90. The Hall–Kier alpha value is -2.89. The summed E-state index contributed by atoms with van der Waals surface area (Å²) in [4.78, 5) is 23.5. The number of alkyl halides is 3. The van der Waals surface area contributed by atoms with E-state index in [1.165, 1.54) is 23.1 Å². The third-order valence-electron chi connectivity index (χ3n) is 4.81. The molecule has 0 spiro atoms. The van der Waals surface area contributed by atoms with Crippen LogP contribution in [0.4, 0.5) is 19.0 Å². The molecule has 0 unspecified atom stereocenters. The molecule has 1 saturated heterocycles. The number of halogens is 3. The van der Waals surface area contributed by atoms with Crippen LogP contribution >= 0.6 is 0 Å². The number of amides is 1. The minimum absolute atomic E-state index is 0.00347. The van der Waals surface area contributed by atoms with Gasteiger partial charge in [-0.3, -0.25) is 4.79 Å². The van der Waals surface area contributed by atoms with Crippen molar-refractivity contribution < 1.29 is 31.1 Å². The molecule has 0 bridgehead atoms. The zero-order valence-electron chi connectivity index (χ0n) is 17.8. The first-order chi connectivity index (χ1) is 14.9. The number of carbonyl (C=O) groups excluding carboxylic acids is 1. The zero-order chi connectivity index (χ0) is 23.7. The monoisotopic (exact) mass is 472 g/mol. The minimum Gasteiger partial charge on any atom is -0.490 e. The van der Waals surface area contributed by atoms with Crippen molar-refractivity contribution >= 4 is 21.6 Å². The van der Waals surface area contributed by atoms with Crippen molar-refractivity contribution in [2.75, 3.05) is 37.3 Å². The predicted molar refractivity (Wildman–Crippen MR) is 110 cm³/mol. The van der Waals surface area contributed by atoms with Gasteiger partial charge in [-0.05, 0) is 32.0 Å². The van der Waals surface area contributed by atoms with Gasteiger partial charge in [0, 0.05) is 38.5 Å². The number of sulfone groups is 1. The Morgan fingerprint density at radius 2 is 1.75 bits per heavy atom. The highest BCUT2D eigenvalue weighted by atomic mass is 32.2. The number of rotatable bonds is 5. The van der Waals surface area contributed by atoms with Crippen LogP contribution in [-0.4, -0.2) is 67.7 Å². The molecular formula is C20H23F3N4O4S. The lowest BCUT2D eigenvalue weighted by Gasteiger charge is -2.35. The van der Waals surface area contributed by atoms with Gasteiger partial charge in [0.25, 0.3) is 5.91 Å². The number of hydrogen-bond acceptors (Lipinski definition) is 7. The third-order valence-corrected chi connectivity index (χ3v) is 5.92. The van der Waals surface area contributed by atoms with Gasteiger partial charge in [-0.2, -0.15) is 13.2 Å². The Morgan fingerprint density at radius 1 is 1.09 bits per heavy atom. The van der Waals surface area contributed by atoms with Crippen LogP contribution in [0, 0.1) is 0 Å². The molecule has 0 aliphatic carbocycles. The number of anilines is 1. The minimum atomic E-state index is -4.58. The fraction of sp³-hybridized carbons (Fsp3) is 0.450. The number of benzene rings is 1. The van der Waals surface area contributed by atoms with Crippen molar-refractivity contribution in [3.05, 3.63) is 41.9 Å². The molecule has 2 aromatic rings. The first-order valence-corrected chi connectivity index (χ1v) is 11.7. The highest BCUT2D eigenvalue weighted by Crippen LogP contribution is 2.30. The van der Waals surface area contributed by atoms with E-state index >= 15 is 0 Å². The van der Waals surface area contributed by atoms with Crippen LogP contribution in [0.25, 0.3) is 0 Å². The molecule has 1 amide bonds. The Kier molecular flexibility index (Phi) is 6.63. The Morgan fingerprint density at radius 3 is 2.31 bits per heavy atom. The molecule has 8 nitrogen and oxygen atoms in total. The molecule has 0 N–H and O–H groups in total. The Labute approximate surface area is 183 Å². The molecule has 12 heteroatoms. The second-order valence-corrected chi connectivity index (χ2v) is 9.65. The van der Waals surface area contributed by atoms with Crippen molar-refractivity contribution in [1.29, 1.82) is 0 Å². The summed E-state index contributed by atoms with van der Waals surface area (Å²) in [7, 11) is -3.54. The summed E-state index contributed by atoms with van der Waals surface area (Å²) in [6.07, 6.45) is -2.90. The fourth-order valence-electron chi connectivity index (χ4n) is 3.25. The van der Waals surface area contributed by atoms with Crippen molar-refractivity contribution in [3.8, 4) is 5.75 Å². The van der Waals surface area contributed by atoms with E-state index in [0.717, 1.165) is 18.6 Å². The Bertz CT molecular complexity index is 1100. The van der Waals surface area contributed by atoms with E-state index in [9.17, 15) is 26.4 Å². The first-order valence-electron chi connectivity index (χ1n) is 9.80. The van der Waals surface area contributed by atoms with Gasteiger partial charge in [-0.1, -0.05) is 0 Å². The number of carbonyl (C=O) groups is 1. The van der Waals surface area contributed by atoms with Crippen molar-refractivity contribution in [1.82, 2.24) is 14.9 Å². The molecule has 1 aliphatic heterocycles. The molecular weight excluding hydrogens is 449 g/mol. The van der Waals surface area contributed by atoms with Gasteiger partial charge >= 0.3 is 6.18 Å². The van der Waals surface area contributed by atoms with Gasteiger partial charge in [0.2, 0.25) is 0 Å². The second kappa shape index (κ2) is 8.93. The maximum absolute atomic E-state index is 13.2. The van der Waals surface area contributed by atoms with E-state index in [1.807, 2.05) is 0 Å². The second-order valence-electron chi connectivity index (χ2n) is 7.64. The summed E-state index contributed by atoms with van der Waals surface area (Å²) in [6.45, 7) is 4.52. The van der Waals surface area contributed by atoms with Crippen molar-refractivity contribution in [2.24, 2.45) is 0 Å². The van der Waals surface area contributed by atoms with Gasteiger partial charge in [0.05, 0.1) is 16.6 Å². The summed E-state index contributed by atoms with van der Waals surface area (Å²) < 4.78 is 68.3. The number of piperazine rings is 1. The fourth-order valence-corrected chi connectivity index (χ4v) is 3.89. The summed E-state index contributed by atoms with van der Waals surface area (Å²) in [5.41, 5.74) is -0.912. The maximum atomic E-state index is 13.2. The lowest BCUT2D eigenvalue weighted by atomic mass is 10.1. The number of hydrogen-bond donors (Lipinski definition) is 0. The van der Waals surface area contributed by atoms with Gasteiger partial charge in [-0.15, -0.1) is 0 Å². The molecule has 0 atom stereocenters. The third kappa shape index (κ3) is 5.47. The maximum Gasteiger partial charge on any atom is 0.433 e. The molecule has 1 fully saturated rings. The molecule has 0 saturated carbocycles. The molecule has 0 radical (unpaired) electrons. The lowest BCUT2D eigenvalue weighted by Crippen LogP contribution is -2.49. The highest BCUT2D eigenvalue weighted by Gasteiger charge is 2.34. The summed E-state index contributed by atoms with van der Waals surface area (Å²) in [5, 5.41) is 0. The molecule has 174 valence electrons. The van der Waals surface area contributed by atoms with Crippen molar-refractivity contribution in [2.45, 2.75) is 31.0 Å². The normalized spacial score (nSPS) is 15.2. The van der Waals surface area contributed by atoms with E-state index in [1.54, 1.807) is 18.7 Å². The summed E-state index contributed by atoms with van der Waals surface area (Å²) in [6, 6.07) is 5.01. The van der Waals surface area contributed by atoms with E-state index in [0.29, 0.717) is 0 Å². The lowest BCUT2D eigenvalue weighted by molar-refractivity contribution is -0.141. The zero-order valence-corrected chi connectivity index (χ0v) is 18.6. The standard InChI is InChI=1S/C20H23F3N4O4S/c1-13(2)31-16-5-4-14(32(3,29)30)10-15(16)19(28)27-8-6-26(7-9-27)18-11-17(20(21,22)23)24-12-25-18/h4-5,10-13H,6-9H2,1-3H3. The van der Waals surface area contributed by atoms with Crippen LogP contribution in [0.1, 0.15) is 29.9 Å². The average molecular weight is 472 g/mol. The molecule has 3 rings (SSSR count). The number of aromatic nitrogens is 2. The van der Waals surface area contributed by atoms with E-state index in [2.05, 4.69) is 9.97 Å². The van der Waals surface area contributed by atoms with Crippen LogP contribution in [0.3, 0.4) is 0 Å². The average Bonchev–Trinajstić information content (AvgIpc) is 2.72. The van der Waals surface area contributed by atoms with Gasteiger partial charge in [0.1, 0.15) is 23.6 Å². The van der Waals surface area contributed by atoms with Crippen molar-refractivity contribution in [3.63, 3.8) is 0 Å². The van der Waals surface area contributed by atoms with Crippen LogP contribution < -0.4 is 9.64 Å². The van der Waals surface area contributed by atoms with Crippen LogP contribution in [0.15, 0.2) is 35.5 Å². The predicted octanol–water partition coefficient (Wildman–Crippen LogP) is 2.65. The van der Waals surface area contributed by atoms with Crippen LogP contribution in [0.5, 0.6) is 5.75 Å². The molecule has 32 heavy (non-hydrogen) atoms. The number of nitrogens with zero attached hydrogens (tertiary/aromatic N) is 4.